The summed E-state index contributed by atoms with van der Waals surface area (Å²) in [6.45, 7) is 2.44. The lowest BCUT2D eigenvalue weighted by atomic mass is 9.79. The summed E-state index contributed by atoms with van der Waals surface area (Å²) in [6.07, 6.45) is 4.03. The summed E-state index contributed by atoms with van der Waals surface area (Å²) < 4.78 is 5.46. The summed E-state index contributed by atoms with van der Waals surface area (Å²) in [5, 5.41) is 3.41. The van der Waals surface area contributed by atoms with Gasteiger partial charge in [0.25, 0.3) is 0 Å². The number of hydrogen-bond donors (Lipinski definition) is 1. The first-order valence-corrected chi connectivity index (χ1v) is 6.17. The standard InChI is InChI=1S/C14H19NO/c1-16-13-5-3-2-4-12(13)11-6-7-14(8-11)9-15-10-14/h2-5,11,15H,6-10H2,1H3. The molecular weight excluding hydrogens is 198 g/mol. The molecule has 1 saturated heterocycles. The number of nitrogens with one attached hydrogen (secondary N) is 1. The molecule has 1 aliphatic heterocycles. The van der Waals surface area contributed by atoms with Gasteiger partial charge in [0.1, 0.15) is 5.75 Å². The number of benzene rings is 1. The Morgan fingerprint density at radius 3 is 2.75 bits per heavy atom. The Morgan fingerprint density at radius 2 is 2.12 bits per heavy atom. The highest BCUT2D eigenvalue weighted by atomic mass is 16.5. The van der Waals surface area contributed by atoms with Crippen LogP contribution in [0.25, 0.3) is 0 Å². The van der Waals surface area contributed by atoms with Gasteiger partial charge in [-0.15, -0.1) is 0 Å². The Hall–Kier alpha value is -1.02. The molecule has 16 heavy (non-hydrogen) atoms. The van der Waals surface area contributed by atoms with E-state index in [-0.39, 0.29) is 0 Å². The van der Waals surface area contributed by atoms with Gasteiger partial charge in [0, 0.05) is 13.1 Å². The Kier molecular flexibility index (Phi) is 2.40. The van der Waals surface area contributed by atoms with E-state index in [0.29, 0.717) is 11.3 Å². The van der Waals surface area contributed by atoms with E-state index >= 15 is 0 Å². The molecule has 1 unspecified atom stereocenters. The molecule has 1 spiro atoms. The van der Waals surface area contributed by atoms with E-state index in [1.165, 1.54) is 37.9 Å². The summed E-state index contributed by atoms with van der Waals surface area (Å²) in [7, 11) is 1.77. The van der Waals surface area contributed by atoms with Crippen molar-refractivity contribution in [3.63, 3.8) is 0 Å². The Morgan fingerprint density at radius 1 is 1.31 bits per heavy atom. The maximum atomic E-state index is 5.46. The van der Waals surface area contributed by atoms with Crippen molar-refractivity contribution >= 4 is 0 Å². The highest BCUT2D eigenvalue weighted by molar-refractivity contribution is 5.37. The Balaban J connectivity index is 1.82. The third kappa shape index (κ3) is 1.52. The van der Waals surface area contributed by atoms with E-state index < -0.39 is 0 Å². The van der Waals surface area contributed by atoms with Crippen LogP contribution in [0.15, 0.2) is 24.3 Å². The zero-order chi connectivity index (χ0) is 11.0. The summed E-state index contributed by atoms with van der Waals surface area (Å²) in [6, 6.07) is 8.49. The first-order valence-electron chi connectivity index (χ1n) is 6.17. The van der Waals surface area contributed by atoms with Crippen LogP contribution in [-0.4, -0.2) is 20.2 Å². The van der Waals surface area contributed by atoms with Gasteiger partial charge in [-0.25, -0.2) is 0 Å². The van der Waals surface area contributed by atoms with Crippen molar-refractivity contribution in [1.29, 1.82) is 0 Å². The van der Waals surface area contributed by atoms with E-state index in [1.54, 1.807) is 7.11 Å². The lowest BCUT2D eigenvalue weighted by Gasteiger charge is -2.39. The quantitative estimate of drug-likeness (QED) is 0.822. The number of hydrogen-bond acceptors (Lipinski definition) is 2. The fourth-order valence-corrected chi connectivity index (χ4v) is 3.28. The third-order valence-electron chi connectivity index (χ3n) is 4.28. The molecule has 3 rings (SSSR count). The van der Waals surface area contributed by atoms with Gasteiger partial charge in [0.05, 0.1) is 7.11 Å². The second-order valence-electron chi connectivity index (χ2n) is 5.29. The highest BCUT2D eigenvalue weighted by Crippen LogP contribution is 2.50. The van der Waals surface area contributed by atoms with Crippen LogP contribution in [0.4, 0.5) is 0 Å². The van der Waals surface area contributed by atoms with Crippen molar-refractivity contribution in [2.45, 2.75) is 25.2 Å². The van der Waals surface area contributed by atoms with Crippen molar-refractivity contribution in [3.8, 4) is 5.75 Å². The minimum atomic E-state index is 0.617. The molecule has 1 aromatic carbocycles. The molecule has 1 heterocycles. The lowest BCUT2D eigenvalue weighted by molar-refractivity contribution is 0.175. The fraction of sp³-hybridized carbons (Fsp3) is 0.571. The average molecular weight is 217 g/mol. The largest absolute Gasteiger partial charge is 0.496 e. The van der Waals surface area contributed by atoms with Crippen molar-refractivity contribution in [2.24, 2.45) is 5.41 Å². The molecule has 1 aliphatic carbocycles. The minimum absolute atomic E-state index is 0.617. The van der Waals surface area contributed by atoms with Crippen molar-refractivity contribution in [3.05, 3.63) is 29.8 Å². The molecule has 1 atom stereocenters. The van der Waals surface area contributed by atoms with Crippen LogP contribution in [-0.2, 0) is 0 Å². The zero-order valence-electron chi connectivity index (χ0n) is 9.83. The van der Waals surface area contributed by atoms with Gasteiger partial charge in [0.2, 0.25) is 0 Å². The molecule has 86 valence electrons. The molecule has 1 N–H and O–H groups in total. The van der Waals surface area contributed by atoms with Gasteiger partial charge in [-0.1, -0.05) is 18.2 Å². The zero-order valence-corrected chi connectivity index (χ0v) is 9.83. The predicted molar refractivity (Wildman–Crippen MR) is 64.9 cm³/mol. The van der Waals surface area contributed by atoms with Gasteiger partial charge in [-0.2, -0.15) is 0 Å². The third-order valence-corrected chi connectivity index (χ3v) is 4.28. The van der Waals surface area contributed by atoms with Crippen LogP contribution in [0.5, 0.6) is 5.75 Å². The molecule has 0 amide bonds. The van der Waals surface area contributed by atoms with Gasteiger partial charge in [-0.05, 0) is 42.2 Å². The van der Waals surface area contributed by atoms with Crippen molar-refractivity contribution in [2.75, 3.05) is 20.2 Å². The summed E-state index contributed by atoms with van der Waals surface area (Å²) in [4.78, 5) is 0. The monoisotopic (exact) mass is 217 g/mol. The number of methoxy groups -OCH3 is 1. The molecule has 0 bridgehead atoms. The highest BCUT2D eigenvalue weighted by Gasteiger charge is 2.44. The maximum Gasteiger partial charge on any atom is 0.122 e. The molecule has 2 aliphatic rings. The smallest absolute Gasteiger partial charge is 0.122 e. The normalized spacial score (nSPS) is 26.7. The average Bonchev–Trinajstić information content (AvgIpc) is 2.74. The number of para-hydroxylation sites is 1. The van der Waals surface area contributed by atoms with Crippen molar-refractivity contribution < 1.29 is 4.74 Å². The Bertz CT molecular complexity index is 384. The SMILES string of the molecule is COc1ccccc1C1CCC2(CNC2)C1. The second kappa shape index (κ2) is 3.77. The fourth-order valence-electron chi connectivity index (χ4n) is 3.28. The van der Waals surface area contributed by atoms with Crippen LogP contribution in [0.1, 0.15) is 30.7 Å². The van der Waals surface area contributed by atoms with Crippen LogP contribution in [0.3, 0.4) is 0 Å². The molecule has 2 fully saturated rings. The van der Waals surface area contributed by atoms with Crippen molar-refractivity contribution in [1.82, 2.24) is 5.32 Å². The van der Waals surface area contributed by atoms with E-state index in [4.69, 9.17) is 4.74 Å². The van der Waals surface area contributed by atoms with Crippen LogP contribution < -0.4 is 10.1 Å². The van der Waals surface area contributed by atoms with Crippen LogP contribution in [0.2, 0.25) is 0 Å². The number of ether oxygens (including phenoxy) is 1. The molecule has 2 heteroatoms. The topological polar surface area (TPSA) is 21.3 Å². The van der Waals surface area contributed by atoms with E-state index in [9.17, 15) is 0 Å². The molecule has 0 aromatic heterocycles. The number of rotatable bonds is 2. The molecule has 2 nitrogen and oxygen atoms in total. The molecule has 1 aromatic rings. The predicted octanol–water partition coefficient (Wildman–Crippen LogP) is 2.55. The van der Waals surface area contributed by atoms with Gasteiger partial charge in [-0.3, -0.25) is 0 Å². The minimum Gasteiger partial charge on any atom is -0.496 e. The Labute approximate surface area is 97.0 Å². The van der Waals surface area contributed by atoms with E-state index in [0.717, 1.165) is 5.75 Å². The first-order chi connectivity index (χ1) is 7.83. The molecule has 0 radical (unpaired) electrons. The first kappa shape index (κ1) is 10.2. The van der Waals surface area contributed by atoms with Gasteiger partial charge < -0.3 is 10.1 Å². The van der Waals surface area contributed by atoms with E-state index in [1.807, 2.05) is 0 Å². The van der Waals surface area contributed by atoms with Gasteiger partial charge >= 0.3 is 0 Å². The summed E-state index contributed by atoms with van der Waals surface area (Å²) >= 11 is 0. The lowest BCUT2D eigenvalue weighted by Crippen LogP contribution is -2.51. The maximum absolute atomic E-state index is 5.46. The molecule has 1 saturated carbocycles. The summed E-state index contributed by atoms with van der Waals surface area (Å²) in [5.41, 5.74) is 2.03. The van der Waals surface area contributed by atoms with E-state index in [2.05, 4.69) is 29.6 Å². The van der Waals surface area contributed by atoms with Crippen LogP contribution in [0, 0.1) is 5.41 Å². The van der Waals surface area contributed by atoms with Crippen LogP contribution >= 0.6 is 0 Å². The van der Waals surface area contributed by atoms with Gasteiger partial charge in [0.15, 0.2) is 0 Å². The molecular formula is C14H19NO. The summed E-state index contributed by atoms with van der Waals surface area (Å²) in [5.74, 6) is 1.77. The second-order valence-corrected chi connectivity index (χ2v) is 5.29.